The van der Waals surface area contributed by atoms with Gasteiger partial charge < -0.3 is 0 Å². The van der Waals surface area contributed by atoms with Crippen LogP contribution in [-0.4, -0.2) is 0 Å². The van der Waals surface area contributed by atoms with Crippen LogP contribution in [0.15, 0.2) is 48.5 Å². The maximum Gasteiger partial charge on any atom is 0.0249 e. The first kappa shape index (κ1) is 25.2. The van der Waals surface area contributed by atoms with Crippen LogP contribution in [0.3, 0.4) is 0 Å². The molecule has 1 aliphatic rings. The Hall–Kier alpha value is -2.44. The zero-order valence-electron chi connectivity index (χ0n) is 21.0. The Morgan fingerprint density at radius 1 is 0.606 bits per heavy atom. The monoisotopic (exact) mass is 438 g/mol. The van der Waals surface area contributed by atoms with E-state index in [-0.39, 0.29) is 0 Å². The first-order valence-electron chi connectivity index (χ1n) is 13.5. The van der Waals surface area contributed by atoms with Crippen LogP contribution >= 0.6 is 0 Å². The third-order valence-electron chi connectivity index (χ3n) is 7.07. The molecule has 1 aliphatic carbocycles. The van der Waals surface area contributed by atoms with Crippen LogP contribution in [0.25, 0.3) is 0 Å². The Morgan fingerprint density at radius 3 is 1.76 bits per heavy atom. The molecule has 2 aromatic rings. The molecule has 0 bridgehead atoms. The van der Waals surface area contributed by atoms with Crippen molar-refractivity contribution in [3.63, 3.8) is 0 Å². The summed E-state index contributed by atoms with van der Waals surface area (Å²) in [6.07, 6.45) is 17.2. The van der Waals surface area contributed by atoms with E-state index in [9.17, 15) is 0 Å². The minimum atomic E-state index is 0.745. The third-order valence-corrected chi connectivity index (χ3v) is 7.07. The van der Waals surface area contributed by atoms with Crippen LogP contribution in [0, 0.1) is 29.6 Å². The van der Waals surface area contributed by atoms with Gasteiger partial charge in [-0.3, -0.25) is 0 Å². The smallest absolute Gasteiger partial charge is 0.0249 e. The highest BCUT2D eigenvalue weighted by molar-refractivity contribution is 5.46. The summed E-state index contributed by atoms with van der Waals surface area (Å²) in [6, 6.07) is 17.4. The Bertz CT molecular complexity index is 916. The summed E-state index contributed by atoms with van der Waals surface area (Å²) in [6.45, 7) is 4.56. The van der Waals surface area contributed by atoms with Crippen molar-refractivity contribution in [1.82, 2.24) is 0 Å². The molecular formula is C33H42. The molecule has 0 aromatic heterocycles. The Balaban J connectivity index is 1.45. The van der Waals surface area contributed by atoms with E-state index >= 15 is 0 Å². The van der Waals surface area contributed by atoms with E-state index in [1.807, 2.05) is 0 Å². The summed E-state index contributed by atoms with van der Waals surface area (Å²) in [4.78, 5) is 0. The van der Waals surface area contributed by atoms with Gasteiger partial charge in [-0.05, 0) is 85.9 Å². The maximum atomic E-state index is 3.33. The van der Waals surface area contributed by atoms with Gasteiger partial charge in [-0.1, -0.05) is 94.6 Å². The molecule has 3 rings (SSSR count). The number of benzene rings is 2. The minimum Gasteiger partial charge on any atom is -0.0979 e. The molecule has 0 nitrogen and oxygen atoms in total. The van der Waals surface area contributed by atoms with Gasteiger partial charge in [0, 0.05) is 23.1 Å². The lowest BCUT2D eigenvalue weighted by molar-refractivity contribution is 0.304. The van der Waals surface area contributed by atoms with E-state index in [0.29, 0.717) is 0 Å². The first-order chi connectivity index (χ1) is 16.3. The van der Waals surface area contributed by atoms with E-state index in [0.717, 1.165) is 34.9 Å². The molecule has 0 N–H and O–H groups in total. The predicted octanol–water partition coefficient (Wildman–Crippen LogP) is 9.26. The van der Waals surface area contributed by atoms with Gasteiger partial charge >= 0.3 is 0 Å². The summed E-state index contributed by atoms with van der Waals surface area (Å²) < 4.78 is 0. The second kappa shape index (κ2) is 14.7. The molecule has 1 saturated carbocycles. The standard InChI is InChI=1S/C33H42/c1-3-5-7-8-9-10-11-13-29-14-16-30(17-15-29)18-19-31-22-26-33(27-23-31)32-24-20-28(21-25-32)12-6-4-2/h14-17,22-23,26-28,32H,3-10,12,20-21,24-25H2,1-2H3/t28-,32-. The Kier molecular flexibility index (Phi) is 11.2. The van der Waals surface area contributed by atoms with E-state index < -0.39 is 0 Å². The predicted molar refractivity (Wildman–Crippen MR) is 143 cm³/mol. The van der Waals surface area contributed by atoms with Crippen molar-refractivity contribution >= 4 is 0 Å². The summed E-state index contributed by atoms with van der Waals surface area (Å²) in [5.41, 5.74) is 4.74. The highest BCUT2D eigenvalue weighted by Crippen LogP contribution is 2.37. The molecule has 0 spiro atoms. The highest BCUT2D eigenvalue weighted by atomic mass is 14.3. The Morgan fingerprint density at radius 2 is 1.15 bits per heavy atom. The summed E-state index contributed by atoms with van der Waals surface area (Å²) >= 11 is 0. The molecule has 2 aromatic carbocycles. The Labute approximate surface area is 203 Å². The average Bonchev–Trinajstić information content (AvgIpc) is 2.87. The lowest BCUT2D eigenvalue weighted by atomic mass is 9.77. The molecule has 0 heteroatoms. The topological polar surface area (TPSA) is 0 Å². The molecule has 0 atom stereocenters. The molecule has 1 fully saturated rings. The van der Waals surface area contributed by atoms with Crippen molar-refractivity contribution in [3.8, 4) is 23.7 Å². The molecule has 0 unspecified atom stereocenters. The number of rotatable bonds is 9. The molecular weight excluding hydrogens is 396 g/mol. The van der Waals surface area contributed by atoms with Gasteiger partial charge in [0.15, 0.2) is 0 Å². The van der Waals surface area contributed by atoms with Crippen LogP contribution in [0.2, 0.25) is 0 Å². The van der Waals surface area contributed by atoms with Crippen molar-refractivity contribution in [1.29, 1.82) is 0 Å². The van der Waals surface area contributed by atoms with E-state index in [4.69, 9.17) is 0 Å². The van der Waals surface area contributed by atoms with Gasteiger partial charge in [-0.25, -0.2) is 0 Å². The minimum absolute atomic E-state index is 0.745. The first-order valence-corrected chi connectivity index (χ1v) is 13.5. The van der Waals surface area contributed by atoms with Crippen molar-refractivity contribution in [3.05, 3.63) is 70.8 Å². The van der Waals surface area contributed by atoms with E-state index in [1.54, 1.807) is 0 Å². The second-order valence-electron chi connectivity index (χ2n) is 9.78. The summed E-state index contributed by atoms with van der Waals surface area (Å²) in [7, 11) is 0. The largest absolute Gasteiger partial charge is 0.0979 e. The lowest BCUT2D eigenvalue weighted by Crippen LogP contribution is -2.13. The van der Waals surface area contributed by atoms with Crippen LogP contribution in [-0.2, 0) is 0 Å². The molecule has 0 aliphatic heterocycles. The van der Waals surface area contributed by atoms with Crippen molar-refractivity contribution in [2.45, 2.75) is 103 Å². The fraction of sp³-hybridized carbons (Fsp3) is 0.515. The van der Waals surface area contributed by atoms with Crippen LogP contribution in [0.1, 0.15) is 125 Å². The zero-order valence-corrected chi connectivity index (χ0v) is 21.0. The fourth-order valence-electron chi connectivity index (χ4n) is 4.88. The van der Waals surface area contributed by atoms with E-state index in [2.05, 4.69) is 86.1 Å². The zero-order chi connectivity index (χ0) is 23.1. The number of hydrogen-bond acceptors (Lipinski definition) is 0. The summed E-state index contributed by atoms with van der Waals surface area (Å²) in [5, 5.41) is 0. The molecule has 174 valence electrons. The van der Waals surface area contributed by atoms with Gasteiger partial charge in [-0.15, -0.1) is 0 Å². The molecule has 0 heterocycles. The number of unbranched alkanes of at least 4 members (excludes halogenated alkanes) is 6. The van der Waals surface area contributed by atoms with Crippen molar-refractivity contribution in [2.75, 3.05) is 0 Å². The van der Waals surface area contributed by atoms with Gasteiger partial charge in [-0.2, -0.15) is 0 Å². The molecule has 0 saturated heterocycles. The maximum absolute atomic E-state index is 3.33. The average molecular weight is 439 g/mol. The quantitative estimate of drug-likeness (QED) is 0.270. The van der Waals surface area contributed by atoms with Crippen LogP contribution in [0.4, 0.5) is 0 Å². The fourth-order valence-corrected chi connectivity index (χ4v) is 4.88. The molecule has 0 amide bonds. The lowest BCUT2D eigenvalue weighted by Gasteiger charge is -2.28. The summed E-state index contributed by atoms with van der Waals surface area (Å²) in [5.74, 6) is 15.0. The SMILES string of the molecule is CCCCCCCC#Cc1ccc(C#Cc2ccc([C@H]3CC[C@H](CCCC)CC3)cc2)cc1. The van der Waals surface area contributed by atoms with Gasteiger partial charge in [0.05, 0.1) is 0 Å². The van der Waals surface area contributed by atoms with Gasteiger partial charge in [0.25, 0.3) is 0 Å². The normalized spacial score (nSPS) is 17.5. The van der Waals surface area contributed by atoms with Crippen LogP contribution in [0.5, 0.6) is 0 Å². The second-order valence-corrected chi connectivity index (χ2v) is 9.78. The van der Waals surface area contributed by atoms with Gasteiger partial charge in [0.1, 0.15) is 0 Å². The molecule has 33 heavy (non-hydrogen) atoms. The van der Waals surface area contributed by atoms with Crippen molar-refractivity contribution in [2.24, 2.45) is 5.92 Å². The van der Waals surface area contributed by atoms with Crippen molar-refractivity contribution < 1.29 is 0 Å². The number of hydrogen-bond donors (Lipinski definition) is 0. The third kappa shape index (κ3) is 9.14. The van der Waals surface area contributed by atoms with Gasteiger partial charge in [0.2, 0.25) is 0 Å². The van der Waals surface area contributed by atoms with E-state index in [1.165, 1.54) is 82.6 Å². The van der Waals surface area contributed by atoms with Crippen LogP contribution < -0.4 is 0 Å². The molecule has 0 radical (unpaired) electrons. The highest BCUT2D eigenvalue weighted by Gasteiger charge is 2.21.